The molecule has 0 fully saturated rings. The number of benzene rings is 2. The molecule has 4 rings (SSSR count). The molecular weight excluding hydrogens is 324 g/mol. The zero-order chi connectivity index (χ0) is 16.7. The molecule has 0 unspecified atom stereocenters. The molecule has 1 aromatic heterocycles. The highest BCUT2D eigenvalue weighted by atomic mass is 32.1. The van der Waals surface area contributed by atoms with Gasteiger partial charge in [0.1, 0.15) is 22.9 Å². The summed E-state index contributed by atoms with van der Waals surface area (Å²) in [7, 11) is 3.23. The van der Waals surface area contributed by atoms with Crippen molar-refractivity contribution in [3.05, 3.63) is 47.5 Å². The Morgan fingerprint density at radius 3 is 2.62 bits per heavy atom. The maximum atomic E-state index is 5.96. The number of thiazole rings is 1. The summed E-state index contributed by atoms with van der Waals surface area (Å²) in [6.45, 7) is 0. The van der Waals surface area contributed by atoms with Gasteiger partial charge in [-0.05, 0) is 6.07 Å². The normalized spacial score (nSPS) is 14.8. The fraction of sp³-hybridized carbons (Fsp3) is 0.118. The van der Waals surface area contributed by atoms with E-state index in [0.29, 0.717) is 22.6 Å². The summed E-state index contributed by atoms with van der Waals surface area (Å²) in [5.41, 5.74) is 8.54. The molecule has 3 aromatic rings. The number of aliphatic imine (C=N–C) groups is 2. The van der Waals surface area contributed by atoms with Crippen molar-refractivity contribution in [1.29, 1.82) is 0 Å². The smallest absolute Gasteiger partial charge is 0.212 e. The summed E-state index contributed by atoms with van der Waals surface area (Å²) in [4.78, 5) is 13.5. The second-order valence-corrected chi connectivity index (χ2v) is 6.16. The van der Waals surface area contributed by atoms with Crippen LogP contribution in [-0.2, 0) is 0 Å². The first-order valence-electron chi connectivity index (χ1n) is 7.25. The molecule has 0 amide bonds. The van der Waals surface area contributed by atoms with Crippen molar-refractivity contribution < 1.29 is 9.47 Å². The molecule has 120 valence electrons. The molecule has 0 aliphatic carbocycles. The highest BCUT2D eigenvalue weighted by molar-refractivity contribution is 7.22. The van der Waals surface area contributed by atoms with Crippen molar-refractivity contribution in [3.63, 3.8) is 0 Å². The van der Waals surface area contributed by atoms with Crippen LogP contribution in [0.4, 0.5) is 5.13 Å². The summed E-state index contributed by atoms with van der Waals surface area (Å²) in [6, 6.07) is 11.5. The molecule has 2 heterocycles. The van der Waals surface area contributed by atoms with E-state index in [1.165, 1.54) is 11.3 Å². The Kier molecular flexibility index (Phi) is 3.42. The molecule has 0 saturated heterocycles. The van der Waals surface area contributed by atoms with Crippen molar-refractivity contribution in [1.82, 2.24) is 4.98 Å². The minimum atomic E-state index is 0.477. The molecule has 0 atom stereocenters. The van der Waals surface area contributed by atoms with Crippen LogP contribution in [0.5, 0.6) is 11.5 Å². The largest absolute Gasteiger partial charge is 0.497 e. The van der Waals surface area contributed by atoms with Crippen molar-refractivity contribution in [2.24, 2.45) is 15.7 Å². The van der Waals surface area contributed by atoms with E-state index in [0.717, 1.165) is 27.1 Å². The van der Waals surface area contributed by atoms with Crippen LogP contribution in [0.3, 0.4) is 0 Å². The van der Waals surface area contributed by atoms with Crippen molar-refractivity contribution in [3.8, 4) is 11.5 Å². The standard InChI is InChI=1S/C17H14N4O2S/c1-22-9-7-12(23-2)14-13(8-9)24-17(19-14)21-16-11-6-4-3-5-10(11)15(18)20-16/h3-8H,1-2H3,(H2,18,19,20,21). The van der Waals surface area contributed by atoms with E-state index in [1.54, 1.807) is 20.3 Å². The monoisotopic (exact) mass is 338 g/mol. The second kappa shape index (κ2) is 5.61. The summed E-state index contributed by atoms with van der Waals surface area (Å²) in [5.74, 6) is 2.43. The summed E-state index contributed by atoms with van der Waals surface area (Å²) >= 11 is 1.45. The number of hydrogen-bond acceptors (Lipinski definition) is 6. The second-order valence-electron chi connectivity index (χ2n) is 5.15. The summed E-state index contributed by atoms with van der Waals surface area (Å²) in [5, 5.41) is 0.597. The number of methoxy groups -OCH3 is 2. The zero-order valence-corrected chi connectivity index (χ0v) is 13.9. The molecular formula is C17H14N4O2S. The van der Waals surface area contributed by atoms with E-state index in [9.17, 15) is 0 Å². The van der Waals surface area contributed by atoms with Crippen LogP contribution < -0.4 is 15.2 Å². The number of fused-ring (bicyclic) bond motifs is 2. The third-order valence-corrected chi connectivity index (χ3v) is 4.65. The van der Waals surface area contributed by atoms with Gasteiger partial charge in [0.05, 0.1) is 18.9 Å². The number of ether oxygens (including phenoxy) is 2. The first kappa shape index (κ1) is 14.6. The van der Waals surface area contributed by atoms with E-state index in [-0.39, 0.29) is 0 Å². The van der Waals surface area contributed by atoms with Gasteiger partial charge in [0.25, 0.3) is 0 Å². The molecule has 0 bridgehead atoms. The zero-order valence-electron chi connectivity index (χ0n) is 13.1. The first-order chi connectivity index (χ1) is 11.7. The minimum Gasteiger partial charge on any atom is -0.497 e. The van der Waals surface area contributed by atoms with E-state index >= 15 is 0 Å². The Bertz CT molecular complexity index is 1010. The summed E-state index contributed by atoms with van der Waals surface area (Å²) in [6.07, 6.45) is 0. The maximum Gasteiger partial charge on any atom is 0.212 e. The van der Waals surface area contributed by atoms with Crippen LogP contribution in [0, 0.1) is 0 Å². The SMILES string of the molecule is COc1cc(OC)c2nc(N=C3N=C(N)c4ccccc43)sc2c1. The Labute approximate surface area is 142 Å². The third kappa shape index (κ3) is 2.30. The van der Waals surface area contributed by atoms with Gasteiger partial charge < -0.3 is 15.2 Å². The summed E-state index contributed by atoms with van der Waals surface area (Å²) < 4.78 is 11.6. The average molecular weight is 338 g/mol. The molecule has 24 heavy (non-hydrogen) atoms. The van der Waals surface area contributed by atoms with Gasteiger partial charge in [-0.15, -0.1) is 0 Å². The van der Waals surface area contributed by atoms with Crippen molar-refractivity contribution >= 4 is 38.4 Å². The number of rotatable bonds is 3. The fourth-order valence-electron chi connectivity index (χ4n) is 2.60. The Morgan fingerprint density at radius 1 is 1.08 bits per heavy atom. The van der Waals surface area contributed by atoms with Crippen molar-refractivity contribution in [2.45, 2.75) is 0 Å². The number of aromatic nitrogens is 1. The van der Waals surface area contributed by atoms with Gasteiger partial charge in [-0.1, -0.05) is 35.6 Å². The van der Waals surface area contributed by atoms with Crippen LogP contribution in [0.15, 0.2) is 46.4 Å². The molecule has 2 aromatic carbocycles. The predicted octanol–water partition coefficient (Wildman–Crippen LogP) is 3.11. The minimum absolute atomic E-state index is 0.477. The average Bonchev–Trinajstić information content (AvgIpc) is 3.15. The van der Waals surface area contributed by atoms with E-state index in [2.05, 4.69) is 15.0 Å². The van der Waals surface area contributed by atoms with Gasteiger partial charge in [0.2, 0.25) is 5.13 Å². The molecule has 1 aliphatic rings. The lowest BCUT2D eigenvalue weighted by atomic mass is 10.1. The molecule has 0 saturated carbocycles. The van der Waals surface area contributed by atoms with Crippen LogP contribution in [-0.4, -0.2) is 30.9 Å². The number of hydrogen-bond donors (Lipinski definition) is 1. The lowest BCUT2D eigenvalue weighted by Gasteiger charge is -2.03. The lowest BCUT2D eigenvalue weighted by Crippen LogP contribution is -2.09. The number of amidine groups is 2. The van der Waals surface area contributed by atoms with Crippen LogP contribution in [0.1, 0.15) is 11.1 Å². The van der Waals surface area contributed by atoms with Gasteiger partial charge in [0.15, 0.2) is 5.84 Å². The van der Waals surface area contributed by atoms with Gasteiger partial charge in [-0.2, -0.15) is 4.99 Å². The van der Waals surface area contributed by atoms with E-state index < -0.39 is 0 Å². The van der Waals surface area contributed by atoms with Crippen molar-refractivity contribution in [2.75, 3.05) is 14.2 Å². The first-order valence-corrected chi connectivity index (χ1v) is 8.06. The highest BCUT2D eigenvalue weighted by Gasteiger charge is 2.20. The molecule has 7 heteroatoms. The lowest BCUT2D eigenvalue weighted by molar-refractivity contribution is 0.397. The molecule has 0 spiro atoms. The molecule has 1 aliphatic heterocycles. The third-order valence-electron chi connectivity index (χ3n) is 3.75. The topological polar surface area (TPSA) is 82.1 Å². The van der Waals surface area contributed by atoms with Gasteiger partial charge >= 0.3 is 0 Å². The maximum absolute atomic E-state index is 5.96. The highest BCUT2D eigenvalue weighted by Crippen LogP contribution is 2.37. The van der Waals surface area contributed by atoms with Crippen LogP contribution in [0.25, 0.3) is 10.2 Å². The fourth-order valence-corrected chi connectivity index (χ4v) is 3.48. The molecule has 0 radical (unpaired) electrons. The van der Waals surface area contributed by atoms with Gasteiger partial charge in [0, 0.05) is 17.2 Å². The van der Waals surface area contributed by atoms with Crippen LogP contribution >= 0.6 is 11.3 Å². The van der Waals surface area contributed by atoms with Gasteiger partial charge in [-0.3, -0.25) is 0 Å². The molecule has 6 nitrogen and oxygen atoms in total. The number of nitrogens with two attached hydrogens (primary N) is 1. The quantitative estimate of drug-likeness (QED) is 0.795. The van der Waals surface area contributed by atoms with E-state index in [4.69, 9.17) is 15.2 Å². The Balaban J connectivity index is 1.84. The Morgan fingerprint density at radius 2 is 1.88 bits per heavy atom. The Hall–Kier alpha value is -2.93. The van der Waals surface area contributed by atoms with E-state index in [1.807, 2.05) is 30.3 Å². The predicted molar refractivity (Wildman–Crippen MR) is 96.1 cm³/mol. The molecule has 2 N–H and O–H groups in total. The number of nitrogens with zero attached hydrogens (tertiary/aromatic N) is 3. The van der Waals surface area contributed by atoms with Crippen LogP contribution in [0.2, 0.25) is 0 Å². The van der Waals surface area contributed by atoms with Gasteiger partial charge in [-0.25, -0.2) is 9.98 Å².